The molecule has 0 bridgehead atoms. The summed E-state index contributed by atoms with van der Waals surface area (Å²) in [5, 5.41) is 3.09. The van der Waals surface area contributed by atoms with Crippen molar-refractivity contribution in [2.24, 2.45) is 5.41 Å². The van der Waals surface area contributed by atoms with Gasteiger partial charge in [0.1, 0.15) is 11.5 Å². The first-order valence-corrected chi connectivity index (χ1v) is 14.5. The van der Waals surface area contributed by atoms with Crippen molar-refractivity contribution in [2.45, 2.75) is 51.4 Å². The first-order valence-electron chi connectivity index (χ1n) is 13.5. The number of amides is 1. The van der Waals surface area contributed by atoms with Crippen molar-refractivity contribution in [3.8, 4) is 0 Å². The summed E-state index contributed by atoms with van der Waals surface area (Å²) in [6, 6.07) is 9.61. The van der Waals surface area contributed by atoms with E-state index in [2.05, 4.69) is 32.9 Å². The van der Waals surface area contributed by atoms with Crippen LogP contribution in [0.15, 0.2) is 42.7 Å². The molecule has 1 aromatic carbocycles. The lowest BCUT2D eigenvalue weighted by Crippen LogP contribution is -2.40. The molecule has 3 aliphatic rings. The van der Waals surface area contributed by atoms with Crippen molar-refractivity contribution >= 4 is 46.4 Å². The second kappa shape index (κ2) is 9.94. The van der Waals surface area contributed by atoms with E-state index >= 15 is 0 Å². The molecule has 0 radical (unpaired) electrons. The molecule has 2 aromatic heterocycles. The van der Waals surface area contributed by atoms with Crippen LogP contribution in [-0.4, -0.2) is 53.1 Å². The number of imidazole rings is 1. The number of aromatic nitrogens is 2. The fraction of sp³-hybridized carbons (Fsp3) is 0.500. The van der Waals surface area contributed by atoms with Crippen molar-refractivity contribution in [3.63, 3.8) is 0 Å². The van der Waals surface area contributed by atoms with Crippen LogP contribution in [-0.2, 0) is 0 Å². The first-order chi connectivity index (χ1) is 18.3. The normalized spacial score (nSPS) is 20.1. The lowest BCUT2D eigenvalue weighted by atomic mass is 9.93. The zero-order valence-corrected chi connectivity index (χ0v) is 22.5. The van der Waals surface area contributed by atoms with E-state index in [4.69, 9.17) is 0 Å². The average Bonchev–Trinajstić information content (AvgIpc) is 3.49. The zero-order chi connectivity index (χ0) is 26.3. The molecule has 2 aliphatic heterocycles. The van der Waals surface area contributed by atoms with Gasteiger partial charge in [-0.25, -0.2) is 13.8 Å². The van der Waals surface area contributed by atoms with Gasteiger partial charge in [-0.15, -0.1) is 0 Å². The highest BCUT2D eigenvalue weighted by molar-refractivity contribution is 8.00. The van der Waals surface area contributed by atoms with E-state index in [1.165, 1.54) is 25.7 Å². The molecule has 10 heteroatoms. The van der Waals surface area contributed by atoms with Gasteiger partial charge in [0, 0.05) is 80.7 Å². The van der Waals surface area contributed by atoms with Crippen LogP contribution >= 0.6 is 11.9 Å². The monoisotopic (exact) mass is 540 g/mol. The molecular weight excluding hydrogens is 506 g/mol. The molecule has 1 amide bonds. The molecule has 1 aliphatic carbocycles. The van der Waals surface area contributed by atoms with Gasteiger partial charge in [0.25, 0.3) is 11.8 Å². The summed E-state index contributed by atoms with van der Waals surface area (Å²) in [7, 11) is 0. The van der Waals surface area contributed by atoms with Crippen LogP contribution in [0.5, 0.6) is 0 Å². The first kappa shape index (κ1) is 25.3. The number of rotatable bonds is 7. The smallest absolute Gasteiger partial charge is 0.257 e. The number of carbonyl (C=O) groups excluding carboxylic acids is 1. The molecule has 1 saturated carbocycles. The van der Waals surface area contributed by atoms with E-state index in [9.17, 15) is 13.6 Å². The SMILES string of the molecule is CCSNc1ccc(C(=O)Nc2cc(N3CCC(F)(F)CC3)n3ccnc3c2)c(N2CCC3(CC2)CC3)c1. The number of anilines is 4. The van der Waals surface area contributed by atoms with E-state index in [0.717, 1.165) is 36.0 Å². The summed E-state index contributed by atoms with van der Waals surface area (Å²) in [5.74, 6) is -1.12. The van der Waals surface area contributed by atoms with Crippen LogP contribution < -0.4 is 19.8 Å². The average molecular weight is 541 g/mol. The van der Waals surface area contributed by atoms with Crippen LogP contribution in [0.2, 0.25) is 0 Å². The standard InChI is InChI=1S/C28H34F2N6OS/c1-2-38-33-20-3-4-22(23(17-20)34-12-7-27(5-6-27)8-13-34)26(37)32-21-18-24-31-11-16-36(24)25(19-21)35-14-9-28(29,30)10-15-35/h3-4,11,16-19,33H,2,5-10,12-15H2,1H3,(H,32,37). The fourth-order valence-electron chi connectivity index (χ4n) is 5.69. The van der Waals surface area contributed by atoms with Crippen molar-refractivity contribution in [1.29, 1.82) is 0 Å². The Labute approximate surface area is 226 Å². The third-order valence-electron chi connectivity index (χ3n) is 8.26. The summed E-state index contributed by atoms with van der Waals surface area (Å²) < 4.78 is 32.9. The van der Waals surface area contributed by atoms with Gasteiger partial charge in [-0.05, 0) is 49.3 Å². The molecule has 0 atom stereocenters. The van der Waals surface area contributed by atoms with Crippen LogP contribution in [0, 0.1) is 5.41 Å². The number of alkyl halides is 2. The summed E-state index contributed by atoms with van der Waals surface area (Å²) in [6.07, 6.45) is 8.14. The maximum Gasteiger partial charge on any atom is 0.257 e. The van der Waals surface area contributed by atoms with E-state index in [-0.39, 0.29) is 31.8 Å². The highest BCUT2D eigenvalue weighted by atomic mass is 32.2. The minimum Gasteiger partial charge on any atom is -0.371 e. The number of fused-ring (bicyclic) bond motifs is 1. The molecule has 1 spiro atoms. The van der Waals surface area contributed by atoms with Gasteiger partial charge in [-0.3, -0.25) is 9.20 Å². The van der Waals surface area contributed by atoms with Gasteiger partial charge in [-0.2, -0.15) is 0 Å². The second-order valence-corrected chi connectivity index (χ2v) is 11.9. The Morgan fingerprint density at radius 3 is 2.42 bits per heavy atom. The molecular formula is C28H34F2N6OS. The molecule has 6 rings (SSSR count). The number of piperidine rings is 2. The van der Waals surface area contributed by atoms with Crippen molar-refractivity contribution in [3.05, 3.63) is 48.3 Å². The van der Waals surface area contributed by atoms with E-state index < -0.39 is 5.92 Å². The Hall–Kier alpha value is -3.01. The molecule has 3 fully saturated rings. The van der Waals surface area contributed by atoms with Crippen LogP contribution in [0.4, 0.5) is 31.7 Å². The number of hydrogen-bond donors (Lipinski definition) is 2. The summed E-state index contributed by atoms with van der Waals surface area (Å²) in [6.45, 7) is 4.51. The van der Waals surface area contributed by atoms with Crippen molar-refractivity contribution in [2.75, 3.05) is 51.8 Å². The van der Waals surface area contributed by atoms with Gasteiger partial charge < -0.3 is 19.8 Å². The largest absolute Gasteiger partial charge is 0.371 e. The minimum absolute atomic E-state index is 0.184. The maximum atomic E-state index is 13.8. The second-order valence-electron chi connectivity index (χ2n) is 10.8. The molecule has 2 saturated heterocycles. The Bertz CT molecular complexity index is 1320. The molecule has 202 valence electrons. The maximum absolute atomic E-state index is 13.8. The predicted molar refractivity (Wildman–Crippen MR) is 151 cm³/mol. The van der Waals surface area contributed by atoms with Gasteiger partial charge in [-0.1, -0.05) is 18.9 Å². The number of hydrogen-bond acceptors (Lipinski definition) is 6. The lowest BCUT2D eigenvalue weighted by Gasteiger charge is -2.35. The van der Waals surface area contributed by atoms with E-state index in [1.807, 2.05) is 39.8 Å². The third-order valence-corrected chi connectivity index (χ3v) is 8.93. The Morgan fingerprint density at radius 2 is 1.71 bits per heavy atom. The predicted octanol–water partition coefficient (Wildman–Crippen LogP) is 6.28. The summed E-state index contributed by atoms with van der Waals surface area (Å²) in [5.41, 5.74) is 4.37. The molecule has 4 heterocycles. The van der Waals surface area contributed by atoms with E-state index in [1.54, 1.807) is 18.1 Å². The van der Waals surface area contributed by atoms with Crippen molar-refractivity contribution < 1.29 is 13.6 Å². The topological polar surface area (TPSA) is 64.9 Å². The summed E-state index contributed by atoms with van der Waals surface area (Å²) in [4.78, 5) is 22.4. The highest BCUT2D eigenvalue weighted by Gasteiger charge is 2.44. The molecule has 7 nitrogen and oxygen atoms in total. The fourth-order valence-corrected chi connectivity index (χ4v) is 6.12. The molecule has 3 aromatic rings. The molecule has 2 N–H and O–H groups in total. The quantitative estimate of drug-likeness (QED) is 0.344. The van der Waals surface area contributed by atoms with Gasteiger partial charge >= 0.3 is 0 Å². The number of nitrogens with zero attached hydrogens (tertiary/aromatic N) is 4. The number of benzene rings is 1. The third kappa shape index (κ3) is 5.15. The number of pyridine rings is 1. The Kier molecular flexibility index (Phi) is 6.62. The number of carbonyl (C=O) groups is 1. The molecule has 0 unspecified atom stereocenters. The number of halogens is 2. The van der Waals surface area contributed by atoms with Crippen LogP contribution in [0.3, 0.4) is 0 Å². The van der Waals surface area contributed by atoms with Gasteiger partial charge in [0.2, 0.25) is 0 Å². The Morgan fingerprint density at radius 1 is 0.974 bits per heavy atom. The van der Waals surface area contributed by atoms with Crippen LogP contribution in [0.25, 0.3) is 5.65 Å². The lowest BCUT2D eigenvalue weighted by molar-refractivity contribution is -0.0221. The molecule has 38 heavy (non-hydrogen) atoms. The summed E-state index contributed by atoms with van der Waals surface area (Å²) >= 11 is 1.63. The minimum atomic E-state index is -2.63. The highest BCUT2D eigenvalue weighted by Crippen LogP contribution is 2.54. The van der Waals surface area contributed by atoms with E-state index in [0.29, 0.717) is 22.3 Å². The van der Waals surface area contributed by atoms with Crippen LogP contribution in [0.1, 0.15) is 55.8 Å². The zero-order valence-electron chi connectivity index (χ0n) is 21.7. The van der Waals surface area contributed by atoms with Gasteiger partial charge in [0.05, 0.1) is 11.3 Å². The van der Waals surface area contributed by atoms with Gasteiger partial charge in [0.15, 0.2) is 0 Å². The Balaban J connectivity index is 1.27. The van der Waals surface area contributed by atoms with Crippen molar-refractivity contribution in [1.82, 2.24) is 9.38 Å². The number of nitrogens with one attached hydrogen (secondary N) is 2.